The molecule has 1 aliphatic heterocycles. The molecule has 1 aromatic carbocycles. The van der Waals surface area contributed by atoms with E-state index in [1.807, 2.05) is 12.1 Å². The zero-order valence-corrected chi connectivity index (χ0v) is 13.4. The third kappa shape index (κ3) is 2.39. The lowest BCUT2D eigenvalue weighted by atomic mass is 10.2. The molecular weight excluding hydrogens is 276 g/mol. The number of likely N-dealkylation sites (tertiary alicyclic amines) is 1. The van der Waals surface area contributed by atoms with Gasteiger partial charge in [-0.25, -0.2) is 4.98 Å². The molecule has 0 bridgehead atoms. The summed E-state index contributed by atoms with van der Waals surface area (Å²) in [6.45, 7) is 7.42. The Kier molecular flexibility index (Phi) is 4.16. The van der Waals surface area contributed by atoms with Crippen molar-refractivity contribution >= 4 is 16.9 Å². The van der Waals surface area contributed by atoms with Crippen molar-refractivity contribution in [2.45, 2.75) is 45.7 Å². The van der Waals surface area contributed by atoms with Crippen LogP contribution < -0.4 is 5.73 Å². The second kappa shape index (κ2) is 6.08. The topological polar surface area (TPSA) is 64.2 Å². The van der Waals surface area contributed by atoms with Gasteiger partial charge in [0.15, 0.2) is 0 Å². The summed E-state index contributed by atoms with van der Waals surface area (Å²) in [6, 6.07) is 6.03. The van der Waals surface area contributed by atoms with E-state index < -0.39 is 5.91 Å². The number of amides is 1. The van der Waals surface area contributed by atoms with Gasteiger partial charge in [0.05, 0.1) is 17.1 Å². The van der Waals surface area contributed by atoms with Crippen molar-refractivity contribution in [2.75, 3.05) is 13.1 Å². The van der Waals surface area contributed by atoms with Crippen LogP contribution in [0.25, 0.3) is 11.0 Å². The van der Waals surface area contributed by atoms with E-state index in [2.05, 4.69) is 23.3 Å². The Balaban J connectivity index is 2.13. The molecule has 0 aliphatic carbocycles. The maximum atomic E-state index is 11.7. The van der Waals surface area contributed by atoms with E-state index in [1.54, 1.807) is 6.07 Å². The van der Waals surface area contributed by atoms with Crippen molar-refractivity contribution in [2.24, 2.45) is 5.73 Å². The Bertz CT molecular complexity index is 691. The van der Waals surface area contributed by atoms with E-state index in [-0.39, 0.29) is 0 Å². The fraction of sp³-hybridized carbons (Fsp3) is 0.529. The van der Waals surface area contributed by atoms with Crippen molar-refractivity contribution in [3.63, 3.8) is 0 Å². The first kappa shape index (κ1) is 15.0. The van der Waals surface area contributed by atoms with E-state index in [1.165, 1.54) is 6.42 Å². The number of fused-ring (bicyclic) bond motifs is 1. The summed E-state index contributed by atoms with van der Waals surface area (Å²) < 4.78 is 2.24. The highest BCUT2D eigenvalue weighted by atomic mass is 16.1. The van der Waals surface area contributed by atoms with Crippen LogP contribution in [0.1, 0.15) is 55.3 Å². The van der Waals surface area contributed by atoms with Crippen LogP contribution in [-0.4, -0.2) is 33.4 Å². The number of para-hydroxylation sites is 1. The Morgan fingerprint density at radius 2 is 2.23 bits per heavy atom. The lowest BCUT2D eigenvalue weighted by molar-refractivity contribution is 0.100. The zero-order valence-electron chi connectivity index (χ0n) is 13.4. The molecule has 0 radical (unpaired) electrons. The molecular formula is C17H24N4O. The van der Waals surface area contributed by atoms with Gasteiger partial charge >= 0.3 is 0 Å². The molecule has 1 fully saturated rings. The lowest BCUT2D eigenvalue weighted by Crippen LogP contribution is -2.26. The van der Waals surface area contributed by atoms with Gasteiger partial charge in [-0.2, -0.15) is 0 Å². The standard InChI is InChI=1S/C17H24N4O/c1-3-10-20-11-6-9-14(20)17-19-15-12(16(18)22)7-5-8-13(15)21(17)4-2/h5,7-8,14H,3-4,6,9-11H2,1-2H3,(H2,18,22). The molecule has 1 atom stereocenters. The first-order valence-corrected chi connectivity index (χ1v) is 8.20. The summed E-state index contributed by atoms with van der Waals surface area (Å²) in [6.07, 6.45) is 3.49. The second-order valence-electron chi connectivity index (χ2n) is 5.95. The van der Waals surface area contributed by atoms with Gasteiger partial charge in [-0.05, 0) is 51.4 Å². The number of hydrogen-bond donors (Lipinski definition) is 1. The fourth-order valence-electron chi connectivity index (χ4n) is 3.62. The molecule has 22 heavy (non-hydrogen) atoms. The van der Waals surface area contributed by atoms with Crippen LogP contribution in [0.2, 0.25) is 0 Å². The van der Waals surface area contributed by atoms with Crippen LogP contribution in [-0.2, 0) is 6.54 Å². The molecule has 2 aromatic rings. The molecule has 1 aliphatic rings. The van der Waals surface area contributed by atoms with E-state index >= 15 is 0 Å². The molecule has 5 nitrogen and oxygen atoms in total. The van der Waals surface area contributed by atoms with E-state index in [0.29, 0.717) is 11.6 Å². The summed E-state index contributed by atoms with van der Waals surface area (Å²) in [4.78, 5) is 19.0. The molecule has 118 valence electrons. The van der Waals surface area contributed by atoms with Crippen molar-refractivity contribution < 1.29 is 4.79 Å². The van der Waals surface area contributed by atoms with E-state index in [9.17, 15) is 4.79 Å². The summed E-state index contributed by atoms with van der Waals surface area (Å²) in [7, 11) is 0. The molecule has 0 spiro atoms. The third-order valence-corrected chi connectivity index (χ3v) is 4.56. The monoisotopic (exact) mass is 300 g/mol. The van der Waals surface area contributed by atoms with Crippen molar-refractivity contribution in [1.29, 1.82) is 0 Å². The van der Waals surface area contributed by atoms with Crippen LogP contribution in [0.3, 0.4) is 0 Å². The van der Waals surface area contributed by atoms with Crippen LogP contribution in [0.5, 0.6) is 0 Å². The van der Waals surface area contributed by atoms with Gasteiger partial charge in [-0.15, -0.1) is 0 Å². The fourth-order valence-corrected chi connectivity index (χ4v) is 3.62. The molecule has 2 heterocycles. The summed E-state index contributed by atoms with van der Waals surface area (Å²) in [5.41, 5.74) is 7.79. The SMILES string of the molecule is CCCN1CCCC1c1nc2c(C(N)=O)cccc2n1CC. The summed E-state index contributed by atoms with van der Waals surface area (Å²) >= 11 is 0. The first-order chi connectivity index (χ1) is 10.7. The smallest absolute Gasteiger partial charge is 0.250 e. The molecule has 1 unspecified atom stereocenters. The molecule has 1 saturated heterocycles. The van der Waals surface area contributed by atoms with E-state index in [4.69, 9.17) is 10.7 Å². The number of imidazole rings is 1. The number of hydrogen-bond acceptors (Lipinski definition) is 3. The number of carbonyl (C=O) groups is 1. The second-order valence-corrected chi connectivity index (χ2v) is 5.95. The van der Waals surface area contributed by atoms with Crippen LogP contribution in [0, 0.1) is 0 Å². The maximum absolute atomic E-state index is 11.7. The van der Waals surface area contributed by atoms with Crippen molar-refractivity contribution in [1.82, 2.24) is 14.5 Å². The number of rotatable bonds is 5. The highest BCUT2D eigenvalue weighted by Gasteiger charge is 2.30. The van der Waals surface area contributed by atoms with Gasteiger partial charge in [0.2, 0.25) is 0 Å². The van der Waals surface area contributed by atoms with Gasteiger partial charge < -0.3 is 10.3 Å². The Hall–Kier alpha value is -1.88. The molecule has 0 saturated carbocycles. The number of aromatic nitrogens is 2. The average Bonchev–Trinajstić information content (AvgIpc) is 3.10. The predicted octanol–water partition coefficient (Wildman–Crippen LogP) is 2.70. The molecule has 5 heteroatoms. The minimum Gasteiger partial charge on any atom is -0.366 e. The third-order valence-electron chi connectivity index (χ3n) is 4.56. The van der Waals surface area contributed by atoms with Gasteiger partial charge in [-0.3, -0.25) is 9.69 Å². The number of carbonyl (C=O) groups excluding carboxylic acids is 1. The summed E-state index contributed by atoms with van der Waals surface area (Å²) in [5.74, 6) is 0.673. The number of nitrogens with two attached hydrogens (primary N) is 1. The highest BCUT2D eigenvalue weighted by molar-refractivity contribution is 6.04. The summed E-state index contributed by atoms with van der Waals surface area (Å²) in [5, 5.41) is 0. The number of benzene rings is 1. The van der Waals surface area contributed by atoms with Gasteiger partial charge in [-0.1, -0.05) is 13.0 Å². The zero-order chi connectivity index (χ0) is 15.7. The van der Waals surface area contributed by atoms with Gasteiger partial charge in [0.25, 0.3) is 5.91 Å². The highest BCUT2D eigenvalue weighted by Crippen LogP contribution is 2.34. The van der Waals surface area contributed by atoms with E-state index in [0.717, 1.165) is 49.3 Å². The first-order valence-electron chi connectivity index (χ1n) is 8.20. The van der Waals surface area contributed by atoms with Crippen LogP contribution in [0.15, 0.2) is 18.2 Å². The quantitative estimate of drug-likeness (QED) is 0.923. The average molecular weight is 300 g/mol. The van der Waals surface area contributed by atoms with Crippen LogP contribution >= 0.6 is 0 Å². The van der Waals surface area contributed by atoms with Crippen molar-refractivity contribution in [3.8, 4) is 0 Å². The van der Waals surface area contributed by atoms with Gasteiger partial charge in [0.1, 0.15) is 11.3 Å². The Morgan fingerprint density at radius 1 is 1.41 bits per heavy atom. The molecule has 3 rings (SSSR count). The largest absolute Gasteiger partial charge is 0.366 e. The Morgan fingerprint density at radius 3 is 2.91 bits per heavy atom. The van der Waals surface area contributed by atoms with Crippen molar-refractivity contribution in [3.05, 3.63) is 29.6 Å². The normalized spacial score (nSPS) is 19.1. The lowest BCUT2D eigenvalue weighted by Gasteiger charge is -2.24. The minimum absolute atomic E-state index is 0.355. The maximum Gasteiger partial charge on any atom is 0.250 e. The number of primary amides is 1. The minimum atomic E-state index is -0.408. The van der Waals surface area contributed by atoms with Gasteiger partial charge in [0, 0.05) is 6.54 Å². The molecule has 2 N–H and O–H groups in total. The Labute approximate surface area is 131 Å². The van der Waals surface area contributed by atoms with Crippen LogP contribution in [0.4, 0.5) is 0 Å². The molecule has 1 aromatic heterocycles. The number of nitrogens with zero attached hydrogens (tertiary/aromatic N) is 3. The predicted molar refractivity (Wildman–Crippen MR) is 87.8 cm³/mol. The molecule has 1 amide bonds. The number of aryl methyl sites for hydroxylation is 1.